The van der Waals surface area contributed by atoms with Crippen LogP contribution in [0, 0.1) is 0 Å². The van der Waals surface area contributed by atoms with E-state index in [2.05, 4.69) is 0 Å². The number of alkyl halides is 2. The Hall–Kier alpha value is -1.36. The minimum Gasteiger partial charge on any atom is -0.486 e. The second-order valence-electron chi connectivity index (χ2n) is 6.15. The lowest BCUT2D eigenvalue weighted by atomic mass is 9.76. The number of rotatable bonds is 2. The van der Waals surface area contributed by atoms with E-state index in [1.54, 1.807) is 0 Å². The Bertz CT molecular complexity index is 534. The molecule has 1 heterocycles. The highest BCUT2D eigenvalue weighted by atomic mass is 19.3. The van der Waals surface area contributed by atoms with Crippen molar-refractivity contribution in [3.8, 4) is 11.5 Å². The van der Waals surface area contributed by atoms with Gasteiger partial charge in [0.05, 0.1) is 0 Å². The third kappa shape index (κ3) is 2.71. The Morgan fingerprint density at radius 2 is 1.76 bits per heavy atom. The molecule has 0 radical (unpaired) electrons. The van der Waals surface area contributed by atoms with Gasteiger partial charge in [-0.15, -0.1) is 0 Å². The number of nitrogens with two attached hydrogens (primary N) is 1. The van der Waals surface area contributed by atoms with E-state index in [4.69, 9.17) is 15.2 Å². The Balaban J connectivity index is 2.12. The minimum absolute atomic E-state index is 0.0582. The van der Waals surface area contributed by atoms with Gasteiger partial charge in [-0.05, 0) is 25.0 Å². The van der Waals surface area contributed by atoms with Crippen LogP contribution in [0.4, 0.5) is 8.78 Å². The van der Waals surface area contributed by atoms with Crippen molar-refractivity contribution in [2.45, 2.75) is 50.5 Å². The van der Waals surface area contributed by atoms with Crippen LogP contribution >= 0.6 is 0 Å². The summed E-state index contributed by atoms with van der Waals surface area (Å²) >= 11 is 0. The topological polar surface area (TPSA) is 44.5 Å². The molecule has 116 valence electrons. The average Bonchev–Trinajstić information content (AvgIpc) is 2.46. The number of hydrogen-bond acceptors (Lipinski definition) is 3. The van der Waals surface area contributed by atoms with Gasteiger partial charge in [-0.3, -0.25) is 0 Å². The van der Waals surface area contributed by atoms with Gasteiger partial charge in [0.15, 0.2) is 11.5 Å². The highest BCUT2D eigenvalue weighted by Crippen LogP contribution is 2.47. The molecule has 5 heteroatoms. The standard InChI is InChI=1S/C16H21F2NO2/c1-15(17,18)11-9-12(16(19)5-3-2-4-6-16)14-13(10-11)20-7-8-21-14/h9-10H,2-8,19H2,1H3. The van der Waals surface area contributed by atoms with Crippen LogP contribution in [0.2, 0.25) is 0 Å². The van der Waals surface area contributed by atoms with Crippen LogP contribution in [0.5, 0.6) is 11.5 Å². The van der Waals surface area contributed by atoms with E-state index < -0.39 is 11.5 Å². The molecule has 3 rings (SSSR count). The fraction of sp³-hybridized carbons (Fsp3) is 0.625. The Morgan fingerprint density at radius 1 is 1.10 bits per heavy atom. The summed E-state index contributed by atoms with van der Waals surface area (Å²) in [5, 5.41) is 0. The Labute approximate surface area is 123 Å². The van der Waals surface area contributed by atoms with Gasteiger partial charge in [-0.25, -0.2) is 8.78 Å². The molecule has 1 aliphatic carbocycles. The lowest BCUT2D eigenvalue weighted by Gasteiger charge is -2.37. The zero-order valence-corrected chi connectivity index (χ0v) is 12.3. The molecule has 1 aliphatic heterocycles. The molecular weight excluding hydrogens is 276 g/mol. The molecule has 21 heavy (non-hydrogen) atoms. The summed E-state index contributed by atoms with van der Waals surface area (Å²) in [6.07, 6.45) is 4.75. The molecule has 2 N–H and O–H groups in total. The van der Waals surface area contributed by atoms with Crippen molar-refractivity contribution in [3.63, 3.8) is 0 Å². The zero-order chi connectivity index (χ0) is 15.1. The maximum atomic E-state index is 13.8. The molecule has 2 aliphatic rings. The van der Waals surface area contributed by atoms with Gasteiger partial charge < -0.3 is 15.2 Å². The first-order valence-corrected chi connectivity index (χ1v) is 7.51. The van der Waals surface area contributed by atoms with Crippen LogP contribution < -0.4 is 15.2 Å². The number of fused-ring (bicyclic) bond motifs is 1. The lowest BCUT2D eigenvalue weighted by molar-refractivity contribution is 0.0166. The van der Waals surface area contributed by atoms with E-state index in [0.717, 1.165) is 39.0 Å². The summed E-state index contributed by atoms with van der Waals surface area (Å²) in [5.41, 5.74) is 6.56. The molecule has 0 aromatic heterocycles. The minimum atomic E-state index is -2.92. The highest BCUT2D eigenvalue weighted by Gasteiger charge is 2.37. The SMILES string of the molecule is CC(F)(F)c1cc2c(c(C3(N)CCCCC3)c1)OCCO2. The van der Waals surface area contributed by atoms with Crippen LogP contribution in [0.3, 0.4) is 0 Å². The molecule has 0 unspecified atom stereocenters. The Kier molecular flexibility index (Phi) is 3.56. The highest BCUT2D eigenvalue weighted by molar-refractivity contribution is 5.54. The molecule has 1 fully saturated rings. The van der Waals surface area contributed by atoms with Gasteiger partial charge in [-0.1, -0.05) is 19.3 Å². The first-order chi connectivity index (χ1) is 9.90. The van der Waals surface area contributed by atoms with E-state index in [-0.39, 0.29) is 5.56 Å². The molecule has 1 saturated carbocycles. The third-order valence-electron chi connectivity index (χ3n) is 4.43. The number of hydrogen-bond donors (Lipinski definition) is 1. The maximum Gasteiger partial charge on any atom is 0.270 e. The summed E-state index contributed by atoms with van der Waals surface area (Å²) in [4.78, 5) is 0. The average molecular weight is 297 g/mol. The Morgan fingerprint density at radius 3 is 2.43 bits per heavy atom. The summed E-state index contributed by atoms with van der Waals surface area (Å²) in [5.74, 6) is -1.97. The van der Waals surface area contributed by atoms with Crippen molar-refractivity contribution in [1.82, 2.24) is 0 Å². The van der Waals surface area contributed by atoms with Gasteiger partial charge >= 0.3 is 0 Å². The molecule has 0 spiro atoms. The molecule has 0 saturated heterocycles. The lowest BCUT2D eigenvalue weighted by Crippen LogP contribution is -2.39. The molecule has 3 nitrogen and oxygen atoms in total. The molecule has 0 amide bonds. The number of halogens is 2. The molecule has 0 bridgehead atoms. The second-order valence-corrected chi connectivity index (χ2v) is 6.15. The zero-order valence-electron chi connectivity index (χ0n) is 12.3. The van der Waals surface area contributed by atoms with E-state index in [9.17, 15) is 8.78 Å². The first-order valence-electron chi connectivity index (χ1n) is 7.51. The predicted octanol–water partition coefficient (Wildman–Crippen LogP) is 3.69. The van der Waals surface area contributed by atoms with Crippen molar-refractivity contribution in [1.29, 1.82) is 0 Å². The quantitative estimate of drug-likeness (QED) is 0.905. The predicted molar refractivity (Wildman–Crippen MR) is 76.0 cm³/mol. The van der Waals surface area contributed by atoms with Crippen LogP contribution in [0.15, 0.2) is 12.1 Å². The van der Waals surface area contributed by atoms with E-state index in [0.29, 0.717) is 30.3 Å². The smallest absolute Gasteiger partial charge is 0.270 e. The number of ether oxygens (including phenoxy) is 2. The van der Waals surface area contributed by atoms with Gasteiger partial charge in [0.1, 0.15) is 13.2 Å². The molecule has 1 aromatic rings. The maximum absolute atomic E-state index is 13.8. The second kappa shape index (κ2) is 5.13. The van der Waals surface area contributed by atoms with Gasteiger partial charge in [0, 0.05) is 23.6 Å². The summed E-state index contributed by atoms with van der Waals surface area (Å²) < 4.78 is 38.7. The van der Waals surface area contributed by atoms with E-state index in [1.165, 1.54) is 12.1 Å². The van der Waals surface area contributed by atoms with Crippen LogP contribution in [0.1, 0.15) is 50.2 Å². The van der Waals surface area contributed by atoms with Crippen LogP contribution in [-0.4, -0.2) is 13.2 Å². The van der Waals surface area contributed by atoms with Crippen LogP contribution in [0.25, 0.3) is 0 Å². The normalized spacial score (nSPS) is 21.1. The van der Waals surface area contributed by atoms with Gasteiger partial charge in [-0.2, -0.15) is 0 Å². The van der Waals surface area contributed by atoms with Crippen molar-refractivity contribution in [3.05, 3.63) is 23.3 Å². The van der Waals surface area contributed by atoms with Crippen LogP contribution in [-0.2, 0) is 11.5 Å². The van der Waals surface area contributed by atoms with E-state index >= 15 is 0 Å². The fourth-order valence-electron chi connectivity index (χ4n) is 3.23. The fourth-order valence-corrected chi connectivity index (χ4v) is 3.23. The van der Waals surface area contributed by atoms with Crippen molar-refractivity contribution in [2.24, 2.45) is 5.73 Å². The van der Waals surface area contributed by atoms with Crippen molar-refractivity contribution in [2.75, 3.05) is 13.2 Å². The largest absolute Gasteiger partial charge is 0.486 e. The van der Waals surface area contributed by atoms with Gasteiger partial charge in [0.2, 0.25) is 0 Å². The molecular formula is C16H21F2NO2. The molecule has 0 atom stereocenters. The van der Waals surface area contributed by atoms with Crippen molar-refractivity contribution < 1.29 is 18.3 Å². The van der Waals surface area contributed by atoms with E-state index in [1.807, 2.05) is 0 Å². The first kappa shape index (κ1) is 14.6. The van der Waals surface area contributed by atoms with Crippen molar-refractivity contribution >= 4 is 0 Å². The third-order valence-corrected chi connectivity index (χ3v) is 4.43. The molecule has 1 aromatic carbocycles. The summed E-state index contributed by atoms with van der Waals surface area (Å²) in [6.45, 7) is 1.70. The summed E-state index contributed by atoms with van der Waals surface area (Å²) in [6, 6.07) is 2.89. The van der Waals surface area contributed by atoms with Gasteiger partial charge in [0.25, 0.3) is 5.92 Å². The summed E-state index contributed by atoms with van der Waals surface area (Å²) in [7, 11) is 0. The number of benzene rings is 1. The monoisotopic (exact) mass is 297 g/mol.